The first-order valence-electron chi connectivity index (χ1n) is 8.79. The largest absolute Gasteiger partial charge is 0.348 e. The second-order valence-electron chi connectivity index (χ2n) is 6.44. The molecule has 0 saturated heterocycles. The van der Waals surface area contributed by atoms with Gasteiger partial charge in [0.15, 0.2) is 0 Å². The molecule has 3 rings (SSSR count). The zero-order valence-corrected chi connectivity index (χ0v) is 16.1. The van der Waals surface area contributed by atoms with Crippen molar-refractivity contribution in [3.8, 4) is 0 Å². The Hall–Kier alpha value is -1.77. The summed E-state index contributed by atoms with van der Waals surface area (Å²) < 4.78 is 26.8. The minimum absolute atomic E-state index is 0.0277. The number of aromatic nitrogens is 1. The maximum absolute atomic E-state index is 12.4. The third-order valence-electron chi connectivity index (χ3n) is 4.63. The van der Waals surface area contributed by atoms with Gasteiger partial charge in [-0.3, -0.25) is 9.78 Å². The Morgan fingerprint density at radius 2 is 2.08 bits per heavy atom. The summed E-state index contributed by atoms with van der Waals surface area (Å²) in [6, 6.07) is 7.12. The predicted octanol–water partition coefficient (Wildman–Crippen LogP) is 2.86. The van der Waals surface area contributed by atoms with Gasteiger partial charge in [0.25, 0.3) is 0 Å². The van der Waals surface area contributed by atoms with Crippen LogP contribution < -0.4 is 10.0 Å². The second-order valence-corrected chi connectivity index (χ2v) is 9.19. The molecular weight excluding hydrogens is 370 g/mol. The number of nitrogens with one attached hydrogen (secondary N) is 2. The lowest BCUT2D eigenvalue weighted by Gasteiger charge is -2.23. The van der Waals surface area contributed by atoms with Gasteiger partial charge in [-0.1, -0.05) is 18.9 Å². The number of carbonyl (C=O) groups is 1. The number of sulfonamides is 1. The first kappa shape index (κ1) is 19.0. The highest BCUT2D eigenvalue weighted by atomic mass is 32.2. The number of nitrogens with zero attached hydrogens (tertiary/aromatic N) is 1. The molecule has 1 unspecified atom stereocenters. The van der Waals surface area contributed by atoms with E-state index < -0.39 is 10.0 Å². The number of amides is 1. The molecule has 1 aliphatic carbocycles. The molecule has 1 aliphatic rings. The molecule has 0 aliphatic heterocycles. The van der Waals surface area contributed by atoms with E-state index in [0.29, 0.717) is 5.92 Å². The molecule has 0 bridgehead atoms. The van der Waals surface area contributed by atoms with Crippen LogP contribution in [0.2, 0.25) is 0 Å². The van der Waals surface area contributed by atoms with Crippen LogP contribution in [-0.2, 0) is 14.8 Å². The molecule has 0 aromatic carbocycles. The van der Waals surface area contributed by atoms with Gasteiger partial charge in [0.05, 0.1) is 6.04 Å². The van der Waals surface area contributed by atoms with Crippen LogP contribution in [0.1, 0.15) is 43.0 Å². The van der Waals surface area contributed by atoms with Crippen molar-refractivity contribution in [2.75, 3.05) is 6.54 Å². The summed E-state index contributed by atoms with van der Waals surface area (Å²) in [6.07, 6.45) is 7.55. The van der Waals surface area contributed by atoms with E-state index in [0.717, 1.165) is 12.8 Å². The van der Waals surface area contributed by atoms with Crippen LogP contribution in [0.5, 0.6) is 0 Å². The van der Waals surface area contributed by atoms with Crippen LogP contribution in [-0.4, -0.2) is 25.9 Å². The molecule has 2 N–H and O–H groups in total. The van der Waals surface area contributed by atoms with Crippen LogP contribution in [0.4, 0.5) is 0 Å². The summed E-state index contributed by atoms with van der Waals surface area (Å²) in [7, 11) is -3.63. The molecule has 1 fully saturated rings. The molecule has 2 aromatic heterocycles. The lowest BCUT2D eigenvalue weighted by atomic mass is 9.96. The van der Waals surface area contributed by atoms with Crippen molar-refractivity contribution in [1.29, 1.82) is 0 Å². The number of hydrogen-bond acceptors (Lipinski definition) is 5. The van der Waals surface area contributed by atoms with Crippen molar-refractivity contribution in [1.82, 2.24) is 15.0 Å². The number of thiophene rings is 1. The molecule has 8 heteroatoms. The van der Waals surface area contributed by atoms with E-state index in [1.165, 1.54) is 36.2 Å². The summed E-state index contributed by atoms with van der Waals surface area (Å²) in [5.41, 5.74) is 0. The molecule has 0 radical (unpaired) electrons. The maximum atomic E-state index is 12.4. The van der Waals surface area contributed by atoms with Crippen molar-refractivity contribution in [3.05, 3.63) is 46.9 Å². The van der Waals surface area contributed by atoms with Crippen molar-refractivity contribution in [2.45, 2.75) is 43.0 Å². The van der Waals surface area contributed by atoms with Crippen LogP contribution in [0, 0.1) is 5.92 Å². The van der Waals surface area contributed by atoms with Crippen molar-refractivity contribution >= 4 is 27.3 Å². The van der Waals surface area contributed by atoms with Crippen LogP contribution in [0.25, 0.3) is 0 Å². The molecule has 26 heavy (non-hydrogen) atoms. The summed E-state index contributed by atoms with van der Waals surface area (Å²) in [6.45, 7) is 0.0604. The van der Waals surface area contributed by atoms with E-state index in [-0.39, 0.29) is 29.8 Å². The highest BCUT2D eigenvalue weighted by molar-refractivity contribution is 7.89. The molecular formula is C18H23N3O3S2. The molecule has 1 saturated carbocycles. The van der Waals surface area contributed by atoms with Gasteiger partial charge < -0.3 is 5.32 Å². The normalized spacial score (nSPS) is 16.5. The van der Waals surface area contributed by atoms with Crippen LogP contribution >= 0.6 is 11.3 Å². The van der Waals surface area contributed by atoms with E-state index in [1.807, 2.05) is 11.4 Å². The Morgan fingerprint density at radius 3 is 2.73 bits per heavy atom. The summed E-state index contributed by atoms with van der Waals surface area (Å²) in [5.74, 6) is 0.328. The quantitative estimate of drug-likeness (QED) is 0.722. The van der Waals surface area contributed by atoms with Crippen LogP contribution in [0.15, 0.2) is 46.9 Å². The van der Waals surface area contributed by atoms with Gasteiger partial charge in [-0.2, -0.15) is 0 Å². The number of hydrogen-bond donors (Lipinski definition) is 2. The van der Waals surface area contributed by atoms with E-state index in [2.05, 4.69) is 21.1 Å². The number of carbonyl (C=O) groups excluding carboxylic acids is 1. The Labute approximate surface area is 158 Å². The van der Waals surface area contributed by atoms with E-state index >= 15 is 0 Å². The first-order valence-corrected chi connectivity index (χ1v) is 11.1. The van der Waals surface area contributed by atoms with E-state index in [1.54, 1.807) is 17.4 Å². The third kappa shape index (κ3) is 4.90. The van der Waals surface area contributed by atoms with Crippen LogP contribution in [0.3, 0.4) is 0 Å². The smallest absolute Gasteiger partial charge is 0.242 e. The second kappa shape index (κ2) is 8.75. The molecule has 1 amide bonds. The van der Waals surface area contributed by atoms with Gasteiger partial charge >= 0.3 is 0 Å². The van der Waals surface area contributed by atoms with Crippen molar-refractivity contribution in [3.63, 3.8) is 0 Å². The highest BCUT2D eigenvalue weighted by Crippen LogP contribution is 2.37. The average Bonchev–Trinajstić information content (AvgIpc) is 3.34. The molecule has 2 aromatic rings. The Bertz CT molecular complexity index is 801. The fraction of sp³-hybridized carbons (Fsp3) is 0.444. The van der Waals surface area contributed by atoms with Gasteiger partial charge in [-0.25, -0.2) is 13.1 Å². The zero-order valence-electron chi connectivity index (χ0n) is 14.4. The monoisotopic (exact) mass is 393 g/mol. The fourth-order valence-electron chi connectivity index (χ4n) is 3.31. The van der Waals surface area contributed by atoms with Gasteiger partial charge in [0.1, 0.15) is 4.90 Å². The molecule has 2 heterocycles. The van der Waals surface area contributed by atoms with E-state index in [9.17, 15) is 13.2 Å². The standard InChI is InChI=1S/C18H23N3O3S2/c22-17(9-11-20-26(23,24)15-7-3-10-19-13-15)21-18(14-5-1-2-6-14)16-8-4-12-25-16/h3-4,7-8,10,12-14,18,20H,1-2,5-6,9,11H2,(H,21,22). The lowest BCUT2D eigenvalue weighted by Crippen LogP contribution is -2.35. The SMILES string of the molecule is O=C(CCNS(=O)(=O)c1cccnc1)NC(c1cccs1)C1CCCC1. The first-order chi connectivity index (χ1) is 12.6. The molecule has 6 nitrogen and oxygen atoms in total. The maximum Gasteiger partial charge on any atom is 0.242 e. The predicted molar refractivity (Wildman–Crippen MR) is 101 cm³/mol. The number of pyridine rings is 1. The minimum atomic E-state index is -3.63. The minimum Gasteiger partial charge on any atom is -0.348 e. The average molecular weight is 394 g/mol. The Balaban J connectivity index is 1.54. The van der Waals surface area contributed by atoms with E-state index in [4.69, 9.17) is 0 Å². The Kier molecular flexibility index (Phi) is 6.39. The summed E-state index contributed by atoms with van der Waals surface area (Å²) in [4.78, 5) is 17.5. The van der Waals surface area contributed by atoms with Gasteiger partial charge in [-0.15, -0.1) is 11.3 Å². The summed E-state index contributed by atoms with van der Waals surface area (Å²) in [5, 5.41) is 5.13. The zero-order chi connectivity index (χ0) is 18.4. The van der Waals surface area contributed by atoms with Gasteiger partial charge in [-0.05, 0) is 42.3 Å². The summed E-state index contributed by atoms with van der Waals surface area (Å²) >= 11 is 1.65. The van der Waals surface area contributed by atoms with Crippen molar-refractivity contribution < 1.29 is 13.2 Å². The molecule has 140 valence electrons. The van der Waals surface area contributed by atoms with Gasteiger partial charge in [0, 0.05) is 30.2 Å². The fourth-order valence-corrected chi connectivity index (χ4v) is 5.18. The topological polar surface area (TPSA) is 88.2 Å². The van der Waals surface area contributed by atoms with Crippen molar-refractivity contribution in [2.24, 2.45) is 5.92 Å². The highest BCUT2D eigenvalue weighted by Gasteiger charge is 2.28. The number of rotatable bonds is 8. The molecule has 1 atom stereocenters. The lowest BCUT2D eigenvalue weighted by molar-refractivity contribution is -0.122. The Morgan fingerprint density at radius 1 is 1.27 bits per heavy atom. The third-order valence-corrected chi connectivity index (χ3v) is 7.03. The van der Waals surface area contributed by atoms with Gasteiger partial charge in [0.2, 0.25) is 15.9 Å². The molecule has 0 spiro atoms.